The third kappa shape index (κ3) is 3.65. The lowest BCUT2D eigenvalue weighted by molar-refractivity contribution is -0.117. The van der Waals surface area contributed by atoms with Crippen molar-refractivity contribution in [1.82, 2.24) is 15.3 Å². The summed E-state index contributed by atoms with van der Waals surface area (Å²) in [4.78, 5) is 31.8. The Bertz CT molecular complexity index is 967. The largest absolute Gasteiger partial charge is 0.369 e. The summed E-state index contributed by atoms with van der Waals surface area (Å²) < 4.78 is 0. The van der Waals surface area contributed by atoms with Gasteiger partial charge >= 0.3 is 0 Å². The molecule has 0 aliphatic heterocycles. The van der Waals surface area contributed by atoms with Crippen LogP contribution in [0.25, 0.3) is 21.5 Å². The van der Waals surface area contributed by atoms with Crippen molar-refractivity contribution in [3.8, 4) is 11.3 Å². The zero-order chi connectivity index (χ0) is 18.0. The number of amides is 1. The average molecular weight is 355 g/mol. The Labute approximate surface area is 148 Å². The Morgan fingerprint density at radius 2 is 2.12 bits per heavy atom. The van der Waals surface area contributed by atoms with Crippen LogP contribution in [-0.2, 0) is 11.3 Å². The van der Waals surface area contributed by atoms with E-state index < -0.39 is 5.91 Å². The van der Waals surface area contributed by atoms with Crippen molar-refractivity contribution in [3.63, 3.8) is 0 Å². The molecule has 0 aliphatic carbocycles. The molecule has 0 saturated carbocycles. The van der Waals surface area contributed by atoms with Crippen molar-refractivity contribution < 1.29 is 9.59 Å². The Hall–Kier alpha value is -2.84. The van der Waals surface area contributed by atoms with Crippen LogP contribution in [0.2, 0.25) is 0 Å². The van der Waals surface area contributed by atoms with Gasteiger partial charge in [0.05, 0.1) is 17.1 Å². The van der Waals surface area contributed by atoms with E-state index in [1.165, 1.54) is 11.3 Å². The summed E-state index contributed by atoms with van der Waals surface area (Å²) in [5.41, 5.74) is 14.6. The van der Waals surface area contributed by atoms with Crippen LogP contribution in [0.4, 0.5) is 5.95 Å². The van der Waals surface area contributed by atoms with E-state index in [1.54, 1.807) is 6.07 Å². The first-order valence-electron chi connectivity index (χ1n) is 7.59. The second-order valence-corrected chi connectivity index (χ2v) is 6.70. The maximum atomic E-state index is 11.1. The summed E-state index contributed by atoms with van der Waals surface area (Å²) in [7, 11) is 0. The number of hydrogen-bond donors (Lipinski definition) is 3. The molecule has 0 fully saturated rings. The van der Waals surface area contributed by atoms with Gasteiger partial charge in [0, 0.05) is 17.5 Å². The minimum Gasteiger partial charge on any atom is -0.369 e. The number of nitrogens with two attached hydrogens (primary N) is 2. The molecule has 8 heteroatoms. The van der Waals surface area contributed by atoms with E-state index in [9.17, 15) is 9.59 Å². The number of nitrogens with zero attached hydrogens (tertiary/aromatic N) is 2. The van der Waals surface area contributed by atoms with Crippen LogP contribution >= 0.6 is 11.3 Å². The first-order chi connectivity index (χ1) is 12.0. The zero-order valence-electron chi connectivity index (χ0n) is 13.6. The summed E-state index contributed by atoms with van der Waals surface area (Å²) in [5, 5.41) is 3.78. The molecule has 0 saturated heterocycles. The molecule has 1 aromatic carbocycles. The molecule has 0 radical (unpaired) electrons. The summed E-state index contributed by atoms with van der Waals surface area (Å²) in [6.07, 6.45) is 0.795. The van der Waals surface area contributed by atoms with Gasteiger partial charge in [-0.2, -0.15) is 0 Å². The summed E-state index contributed by atoms with van der Waals surface area (Å²) in [6, 6.07) is 7.72. The molecule has 25 heavy (non-hydrogen) atoms. The molecule has 2 heterocycles. The molecular formula is C17H17N5O2S. The Morgan fingerprint density at radius 3 is 2.84 bits per heavy atom. The van der Waals surface area contributed by atoms with Crippen molar-refractivity contribution in [2.75, 3.05) is 12.3 Å². The SMILES string of the molecule is Cc1ccc(CNCC(N)=O)cc1-c1nc(N)nc2sc(C=O)cc12. The molecule has 3 aromatic rings. The molecule has 1 amide bonds. The molecule has 0 aliphatic rings. The fourth-order valence-corrected chi connectivity index (χ4v) is 3.44. The van der Waals surface area contributed by atoms with E-state index in [0.29, 0.717) is 21.9 Å². The Morgan fingerprint density at radius 1 is 1.32 bits per heavy atom. The number of aldehydes is 1. The highest BCUT2D eigenvalue weighted by atomic mass is 32.1. The van der Waals surface area contributed by atoms with E-state index in [4.69, 9.17) is 11.5 Å². The maximum absolute atomic E-state index is 11.1. The summed E-state index contributed by atoms with van der Waals surface area (Å²) in [5.74, 6) is -0.240. The van der Waals surface area contributed by atoms with Crippen molar-refractivity contribution in [1.29, 1.82) is 0 Å². The molecule has 0 bridgehead atoms. The molecule has 2 aromatic heterocycles. The smallest absolute Gasteiger partial charge is 0.231 e. The first-order valence-corrected chi connectivity index (χ1v) is 8.40. The number of carbonyl (C=O) groups excluding carboxylic acids is 2. The molecular weight excluding hydrogens is 338 g/mol. The van der Waals surface area contributed by atoms with Crippen molar-refractivity contribution in [2.45, 2.75) is 13.5 Å². The summed E-state index contributed by atoms with van der Waals surface area (Å²) in [6.45, 7) is 2.59. The predicted molar refractivity (Wildman–Crippen MR) is 98.3 cm³/mol. The molecule has 5 N–H and O–H groups in total. The van der Waals surface area contributed by atoms with Gasteiger partial charge in [-0.15, -0.1) is 11.3 Å². The minimum atomic E-state index is -0.405. The molecule has 3 rings (SSSR count). The van der Waals surface area contributed by atoms with Crippen LogP contribution < -0.4 is 16.8 Å². The lowest BCUT2D eigenvalue weighted by atomic mass is 10.00. The number of aromatic nitrogens is 2. The molecule has 0 spiro atoms. The second kappa shape index (κ2) is 6.96. The highest BCUT2D eigenvalue weighted by Crippen LogP contribution is 2.33. The van der Waals surface area contributed by atoms with Crippen LogP contribution in [0.3, 0.4) is 0 Å². The molecule has 0 unspecified atom stereocenters. The molecule has 7 nitrogen and oxygen atoms in total. The monoisotopic (exact) mass is 355 g/mol. The van der Waals surface area contributed by atoms with Gasteiger partial charge in [-0.05, 0) is 30.2 Å². The van der Waals surface area contributed by atoms with Crippen LogP contribution in [0.15, 0.2) is 24.3 Å². The van der Waals surface area contributed by atoms with E-state index in [1.807, 2.05) is 25.1 Å². The number of carbonyl (C=O) groups is 2. The Balaban J connectivity index is 2.06. The van der Waals surface area contributed by atoms with Crippen LogP contribution in [0, 0.1) is 6.92 Å². The van der Waals surface area contributed by atoms with Gasteiger partial charge in [0.1, 0.15) is 4.83 Å². The number of primary amides is 1. The summed E-state index contributed by atoms with van der Waals surface area (Å²) >= 11 is 1.28. The number of aryl methyl sites for hydroxylation is 1. The topological polar surface area (TPSA) is 124 Å². The number of anilines is 1. The fourth-order valence-electron chi connectivity index (χ4n) is 2.58. The van der Waals surface area contributed by atoms with Crippen LogP contribution in [-0.4, -0.2) is 28.7 Å². The standard InChI is InChI=1S/C17H17N5O2S/c1-9-2-3-10(6-20-7-14(18)24)4-12(9)15-13-5-11(8-23)25-16(13)22-17(19)21-15/h2-5,8,20H,6-7H2,1H3,(H2,18,24)(H2,19,21,22). The third-order valence-electron chi connectivity index (χ3n) is 3.73. The van der Waals surface area contributed by atoms with E-state index in [-0.39, 0.29) is 12.5 Å². The molecule has 0 atom stereocenters. The van der Waals surface area contributed by atoms with Gasteiger partial charge in [-0.3, -0.25) is 9.59 Å². The quantitative estimate of drug-likeness (QED) is 0.577. The number of benzene rings is 1. The lowest BCUT2D eigenvalue weighted by Crippen LogP contribution is -2.28. The number of hydrogen-bond acceptors (Lipinski definition) is 7. The van der Waals surface area contributed by atoms with Gasteiger partial charge in [0.2, 0.25) is 11.9 Å². The van der Waals surface area contributed by atoms with E-state index in [2.05, 4.69) is 15.3 Å². The van der Waals surface area contributed by atoms with E-state index >= 15 is 0 Å². The number of thiophene rings is 1. The number of nitrogens with one attached hydrogen (secondary N) is 1. The normalized spacial score (nSPS) is 10.9. The van der Waals surface area contributed by atoms with Crippen molar-refractivity contribution >= 4 is 39.7 Å². The first kappa shape index (κ1) is 17.0. The third-order valence-corrected chi connectivity index (χ3v) is 4.69. The van der Waals surface area contributed by atoms with Crippen LogP contribution in [0.5, 0.6) is 0 Å². The Kier molecular flexibility index (Phi) is 4.73. The minimum absolute atomic E-state index is 0.112. The number of nitrogen functional groups attached to an aromatic ring is 1. The second-order valence-electron chi connectivity index (χ2n) is 5.63. The zero-order valence-corrected chi connectivity index (χ0v) is 14.4. The number of rotatable bonds is 6. The van der Waals surface area contributed by atoms with Crippen molar-refractivity contribution in [2.24, 2.45) is 5.73 Å². The van der Waals surface area contributed by atoms with Crippen LogP contribution in [0.1, 0.15) is 20.8 Å². The van der Waals surface area contributed by atoms with Gasteiger partial charge in [-0.25, -0.2) is 9.97 Å². The average Bonchev–Trinajstić information content (AvgIpc) is 2.98. The molecule has 128 valence electrons. The highest BCUT2D eigenvalue weighted by molar-refractivity contribution is 7.20. The lowest BCUT2D eigenvalue weighted by Gasteiger charge is -2.10. The predicted octanol–water partition coefficient (Wildman–Crippen LogP) is 1.64. The van der Waals surface area contributed by atoms with Crippen molar-refractivity contribution in [3.05, 3.63) is 40.3 Å². The maximum Gasteiger partial charge on any atom is 0.231 e. The fraction of sp³-hybridized carbons (Fsp3) is 0.176. The van der Waals surface area contributed by atoms with E-state index in [0.717, 1.165) is 28.4 Å². The van der Waals surface area contributed by atoms with Gasteiger partial charge in [-0.1, -0.05) is 12.1 Å². The van der Waals surface area contributed by atoms with Gasteiger partial charge in [0.25, 0.3) is 0 Å². The highest BCUT2D eigenvalue weighted by Gasteiger charge is 2.14. The van der Waals surface area contributed by atoms with Gasteiger partial charge in [0.15, 0.2) is 6.29 Å². The number of fused-ring (bicyclic) bond motifs is 1. The van der Waals surface area contributed by atoms with Gasteiger partial charge < -0.3 is 16.8 Å².